The molecule has 0 aliphatic heterocycles. The lowest BCUT2D eigenvalue weighted by atomic mass is 9.92. The van der Waals surface area contributed by atoms with Gasteiger partial charge in [0.25, 0.3) is 0 Å². The van der Waals surface area contributed by atoms with Crippen LogP contribution in [0.4, 0.5) is 5.69 Å². The van der Waals surface area contributed by atoms with Gasteiger partial charge in [-0.2, -0.15) is 0 Å². The molecule has 0 bridgehead atoms. The van der Waals surface area contributed by atoms with Gasteiger partial charge in [0.15, 0.2) is 0 Å². The summed E-state index contributed by atoms with van der Waals surface area (Å²) < 4.78 is 5.51. The van der Waals surface area contributed by atoms with Crippen LogP contribution < -0.4 is 5.32 Å². The van der Waals surface area contributed by atoms with Crippen molar-refractivity contribution in [2.75, 3.05) is 12.4 Å². The van der Waals surface area contributed by atoms with Gasteiger partial charge in [-0.1, -0.05) is 42.1 Å². The second-order valence-electron chi connectivity index (χ2n) is 4.41. The van der Waals surface area contributed by atoms with Crippen LogP contribution in [-0.4, -0.2) is 19.3 Å². The zero-order valence-corrected chi connectivity index (χ0v) is 11.4. The average Bonchev–Trinajstić information content (AvgIpc) is 2.35. The first-order valence-electron chi connectivity index (χ1n) is 5.95. The standard InChI is InChI=1S/C13H17Cl2NO/c1-17-12-8-3-2-6-10(12)16-11-7-4-5-9(14)13(11)15/h4-5,7,10,12,16H,2-3,6,8H2,1H3. The minimum absolute atomic E-state index is 0.263. The van der Waals surface area contributed by atoms with Crippen molar-refractivity contribution in [2.24, 2.45) is 0 Å². The average molecular weight is 274 g/mol. The van der Waals surface area contributed by atoms with Gasteiger partial charge in [0.1, 0.15) is 0 Å². The van der Waals surface area contributed by atoms with Crippen LogP contribution in [0.2, 0.25) is 10.0 Å². The number of anilines is 1. The van der Waals surface area contributed by atoms with Crippen molar-refractivity contribution in [3.05, 3.63) is 28.2 Å². The number of hydrogen-bond donors (Lipinski definition) is 1. The van der Waals surface area contributed by atoms with Crippen molar-refractivity contribution in [1.82, 2.24) is 0 Å². The molecule has 2 unspecified atom stereocenters. The molecule has 1 saturated carbocycles. The second kappa shape index (κ2) is 5.94. The Labute approximate surface area is 112 Å². The third kappa shape index (κ3) is 3.06. The molecule has 0 saturated heterocycles. The fourth-order valence-corrected chi connectivity index (χ4v) is 2.71. The highest BCUT2D eigenvalue weighted by Crippen LogP contribution is 2.32. The molecule has 1 fully saturated rings. The normalized spacial score (nSPS) is 24.6. The van der Waals surface area contributed by atoms with E-state index in [2.05, 4.69) is 5.32 Å². The third-order valence-corrected chi connectivity index (χ3v) is 4.12. The van der Waals surface area contributed by atoms with Gasteiger partial charge < -0.3 is 10.1 Å². The lowest BCUT2D eigenvalue weighted by molar-refractivity contribution is 0.0606. The monoisotopic (exact) mass is 273 g/mol. The number of hydrogen-bond acceptors (Lipinski definition) is 2. The summed E-state index contributed by atoms with van der Waals surface area (Å²) in [5.74, 6) is 0. The van der Waals surface area contributed by atoms with E-state index in [1.807, 2.05) is 12.1 Å². The maximum atomic E-state index is 6.17. The minimum atomic E-state index is 0.263. The van der Waals surface area contributed by atoms with Crippen LogP contribution >= 0.6 is 23.2 Å². The summed E-state index contributed by atoms with van der Waals surface area (Å²) in [6, 6.07) is 5.98. The molecule has 0 heterocycles. The molecule has 1 aromatic rings. The Kier molecular flexibility index (Phi) is 4.55. The molecular formula is C13H17Cl2NO. The Hall–Kier alpha value is -0.440. The van der Waals surface area contributed by atoms with Gasteiger partial charge >= 0.3 is 0 Å². The first kappa shape index (κ1) is 13.0. The molecular weight excluding hydrogens is 257 g/mol. The summed E-state index contributed by atoms with van der Waals surface area (Å²) in [5.41, 5.74) is 0.896. The molecule has 1 N–H and O–H groups in total. The molecule has 0 amide bonds. The first-order chi connectivity index (χ1) is 8.22. The van der Waals surface area contributed by atoms with Crippen molar-refractivity contribution in [2.45, 2.75) is 37.8 Å². The van der Waals surface area contributed by atoms with Gasteiger partial charge in [0, 0.05) is 7.11 Å². The van der Waals surface area contributed by atoms with Crippen LogP contribution in [0.1, 0.15) is 25.7 Å². The highest BCUT2D eigenvalue weighted by molar-refractivity contribution is 6.43. The number of ether oxygens (including phenoxy) is 1. The maximum Gasteiger partial charge on any atom is 0.0823 e. The summed E-state index contributed by atoms with van der Waals surface area (Å²) in [7, 11) is 1.77. The van der Waals surface area contributed by atoms with E-state index in [4.69, 9.17) is 27.9 Å². The summed E-state index contributed by atoms with van der Waals surface area (Å²) in [6.45, 7) is 0. The molecule has 17 heavy (non-hydrogen) atoms. The van der Waals surface area contributed by atoms with Crippen LogP contribution in [0, 0.1) is 0 Å². The largest absolute Gasteiger partial charge is 0.379 e. The summed E-state index contributed by atoms with van der Waals surface area (Å²) >= 11 is 12.2. The summed E-state index contributed by atoms with van der Waals surface area (Å²) in [5, 5.41) is 4.63. The van der Waals surface area contributed by atoms with E-state index < -0.39 is 0 Å². The van der Waals surface area contributed by atoms with Crippen molar-refractivity contribution < 1.29 is 4.74 Å². The SMILES string of the molecule is COC1CCCCC1Nc1cccc(Cl)c1Cl. The van der Waals surface area contributed by atoms with Crippen molar-refractivity contribution in [3.8, 4) is 0 Å². The van der Waals surface area contributed by atoms with Crippen LogP contribution in [0.15, 0.2) is 18.2 Å². The lowest BCUT2D eigenvalue weighted by Crippen LogP contribution is -2.37. The Bertz CT molecular complexity index is 384. The lowest BCUT2D eigenvalue weighted by Gasteiger charge is -2.32. The number of methoxy groups -OCH3 is 1. The Balaban J connectivity index is 2.11. The Morgan fingerprint density at radius 2 is 2.00 bits per heavy atom. The molecule has 94 valence electrons. The van der Waals surface area contributed by atoms with Gasteiger partial charge in [-0.15, -0.1) is 0 Å². The van der Waals surface area contributed by atoms with Crippen molar-refractivity contribution in [1.29, 1.82) is 0 Å². The van der Waals surface area contributed by atoms with Crippen LogP contribution in [0.3, 0.4) is 0 Å². The molecule has 4 heteroatoms. The first-order valence-corrected chi connectivity index (χ1v) is 6.71. The van der Waals surface area contributed by atoms with Crippen LogP contribution in [0.25, 0.3) is 0 Å². The van der Waals surface area contributed by atoms with E-state index in [-0.39, 0.29) is 6.10 Å². The Morgan fingerprint density at radius 1 is 1.24 bits per heavy atom. The predicted octanol–water partition coefficient (Wildman–Crippen LogP) is 4.36. The highest BCUT2D eigenvalue weighted by atomic mass is 35.5. The highest BCUT2D eigenvalue weighted by Gasteiger charge is 2.25. The van der Waals surface area contributed by atoms with E-state index in [1.54, 1.807) is 13.2 Å². The minimum Gasteiger partial charge on any atom is -0.379 e. The Morgan fingerprint density at radius 3 is 2.76 bits per heavy atom. The van der Waals surface area contributed by atoms with Crippen molar-refractivity contribution >= 4 is 28.9 Å². The van der Waals surface area contributed by atoms with Gasteiger partial charge in [-0.05, 0) is 25.0 Å². The second-order valence-corrected chi connectivity index (χ2v) is 5.20. The molecule has 2 rings (SSSR count). The molecule has 2 nitrogen and oxygen atoms in total. The molecule has 0 aromatic heterocycles. The number of rotatable bonds is 3. The van der Waals surface area contributed by atoms with Crippen LogP contribution in [0.5, 0.6) is 0 Å². The molecule has 0 spiro atoms. The predicted molar refractivity (Wildman–Crippen MR) is 73.1 cm³/mol. The van der Waals surface area contributed by atoms with E-state index in [0.717, 1.165) is 18.5 Å². The van der Waals surface area contributed by atoms with Gasteiger partial charge in [-0.3, -0.25) is 0 Å². The van der Waals surface area contributed by atoms with E-state index in [1.165, 1.54) is 12.8 Å². The van der Waals surface area contributed by atoms with Gasteiger partial charge in [0.05, 0.1) is 27.9 Å². The molecule has 2 atom stereocenters. The summed E-state index contributed by atoms with van der Waals surface area (Å²) in [6.07, 6.45) is 4.95. The van der Waals surface area contributed by atoms with Crippen molar-refractivity contribution in [3.63, 3.8) is 0 Å². The fraction of sp³-hybridized carbons (Fsp3) is 0.538. The number of benzene rings is 1. The third-order valence-electron chi connectivity index (χ3n) is 3.30. The smallest absolute Gasteiger partial charge is 0.0823 e. The number of nitrogens with one attached hydrogen (secondary N) is 1. The van der Waals surface area contributed by atoms with Gasteiger partial charge in [0.2, 0.25) is 0 Å². The topological polar surface area (TPSA) is 21.3 Å². The van der Waals surface area contributed by atoms with E-state index in [9.17, 15) is 0 Å². The zero-order valence-electron chi connectivity index (χ0n) is 9.88. The zero-order chi connectivity index (χ0) is 12.3. The number of halogens is 2. The maximum absolute atomic E-state index is 6.17. The fourth-order valence-electron chi connectivity index (χ4n) is 2.36. The quantitative estimate of drug-likeness (QED) is 0.884. The molecule has 1 aliphatic carbocycles. The molecule has 1 aliphatic rings. The molecule has 0 radical (unpaired) electrons. The van der Waals surface area contributed by atoms with Gasteiger partial charge in [-0.25, -0.2) is 0 Å². The summed E-state index contributed by atoms with van der Waals surface area (Å²) in [4.78, 5) is 0. The molecule has 1 aromatic carbocycles. The van der Waals surface area contributed by atoms with Crippen LogP contribution in [-0.2, 0) is 4.74 Å². The van der Waals surface area contributed by atoms with E-state index in [0.29, 0.717) is 16.1 Å². The van der Waals surface area contributed by atoms with E-state index >= 15 is 0 Å².